The van der Waals surface area contributed by atoms with Gasteiger partial charge in [0.2, 0.25) is 5.82 Å². The number of imidazole rings is 1. The highest BCUT2D eigenvalue weighted by Crippen LogP contribution is 2.49. The average Bonchev–Trinajstić information content (AvgIpc) is 3.76. The Kier molecular flexibility index (Phi) is 12.0. The molecule has 3 N–H and O–H groups in total. The Morgan fingerprint density at radius 3 is 2.71 bits per heavy atom. The molecule has 12 heteroatoms. The number of aliphatic hydroxyl groups is 1. The zero-order chi connectivity index (χ0) is 36.6. The molecule has 2 atom stereocenters. The molecule has 52 heavy (non-hydrogen) atoms. The number of hydrogen-bond acceptors (Lipinski definition) is 10. The predicted octanol–water partition coefficient (Wildman–Crippen LogP) is 6.17. The third-order valence-corrected chi connectivity index (χ3v) is 10.3. The number of likely N-dealkylation sites (tertiary alicyclic amines) is 1. The van der Waals surface area contributed by atoms with Crippen LogP contribution in [-0.2, 0) is 24.4 Å². The fraction of sp³-hybridized carbons (Fsp3) is 0.400. The number of β-amino-alcohol motifs (C(OH)–C–C–N with tert-alkyl or cyclic N) is 1. The van der Waals surface area contributed by atoms with E-state index in [1.54, 1.807) is 18.6 Å². The molecule has 6 rings (SSSR count). The van der Waals surface area contributed by atoms with E-state index in [-0.39, 0.29) is 25.1 Å². The molecule has 0 radical (unpaired) electrons. The van der Waals surface area contributed by atoms with Crippen molar-refractivity contribution in [2.24, 2.45) is 5.41 Å². The zero-order valence-electron chi connectivity index (χ0n) is 29.9. The maximum absolute atomic E-state index is 10.00. The highest BCUT2D eigenvalue weighted by Gasteiger charge is 2.49. The third-order valence-electron chi connectivity index (χ3n) is 9.96. The molecule has 1 saturated heterocycles. The molecule has 1 unspecified atom stereocenters. The van der Waals surface area contributed by atoms with Crippen LogP contribution in [0.4, 0.5) is 0 Å². The van der Waals surface area contributed by atoms with Gasteiger partial charge in [0.15, 0.2) is 0 Å². The van der Waals surface area contributed by atoms with Crippen molar-refractivity contribution in [1.29, 1.82) is 5.26 Å². The number of ether oxygens (including phenoxy) is 3. The first-order chi connectivity index (χ1) is 25.2. The van der Waals surface area contributed by atoms with Crippen molar-refractivity contribution >= 4 is 17.2 Å². The van der Waals surface area contributed by atoms with E-state index in [4.69, 9.17) is 25.8 Å². The first kappa shape index (κ1) is 37.2. The smallest absolute Gasteiger partial charge is 0.232 e. The second kappa shape index (κ2) is 16.8. The molecule has 4 aromatic rings. The topological polar surface area (TPSA) is 141 Å². The summed E-state index contributed by atoms with van der Waals surface area (Å²) in [5.74, 6) is 1.20. The van der Waals surface area contributed by atoms with Crippen LogP contribution in [0.15, 0.2) is 79.3 Å². The standard InChI is InChI=1S/C40H46ClN7O4/c1-28-35(46-27-45-28)25-50-36-20-37(34(41)19-30(36)22-43-23-31-12-15-44-38(21-42)47-31)51-26-40(52-18-8-16-48-17-13-32(49)24-48)14-7-11-33(39(40,2)3)29-9-5-4-6-10-29/h4-7,9-12,14-15,19-20,27,32,43,49H,8,13,16-18,22-26H2,1-3H3,(H,45,46)/t32?,40-/m0/s1. The van der Waals surface area contributed by atoms with Crippen molar-refractivity contribution in [1.82, 2.24) is 30.2 Å². The van der Waals surface area contributed by atoms with E-state index in [1.165, 1.54) is 0 Å². The second-order valence-corrected chi connectivity index (χ2v) is 14.2. The fourth-order valence-corrected chi connectivity index (χ4v) is 7.01. The van der Waals surface area contributed by atoms with Crippen molar-refractivity contribution in [2.75, 3.05) is 32.8 Å². The van der Waals surface area contributed by atoms with Gasteiger partial charge in [-0.05, 0) is 49.1 Å². The van der Waals surface area contributed by atoms with Crippen molar-refractivity contribution in [3.63, 3.8) is 0 Å². The van der Waals surface area contributed by atoms with Gasteiger partial charge in [-0.1, -0.05) is 67.9 Å². The molecule has 1 aliphatic heterocycles. The summed E-state index contributed by atoms with van der Waals surface area (Å²) >= 11 is 6.95. The number of nitrogens with one attached hydrogen (secondary N) is 2. The van der Waals surface area contributed by atoms with Crippen LogP contribution in [-0.4, -0.2) is 74.5 Å². The van der Waals surface area contributed by atoms with Crippen LogP contribution in [0.3, 0.4) is 0 Å². The van der Waals surface area contributed by atoms with Crippen LogP contribution in [0, 0.1) is 23.7 Å². The van der Waals surface area contributed by atoms with Crippen LogP contribution in [0.1, 0.15) is 60.7 Å². The van der Waals surface area contributed by atoms with Gasteiger partial charge < -0.3 is 34.5 Å². The summed E-state index contributed by atoms with van der Waals surface area (Å²) in [6.45, 7) is 10.6. The Balaban J connectivity index is 1.23. The zero-order valence-corrected chi connectivity index (χ0v) is 30.7. The molecule has 2 aromatic heterocycles. The van der Waals surface area contributed by atoms with Crippen LogP contribution in [0.2, 0.25) is 5.02 Å². The van der Waals surface area contributed by atoms with E-state index in [0.29, 0.717) is 48.5 Å². The number of halogens is 1. The Bertz CT molecular complexity index is 1920. The number of H-pyrrole nitrogens is 1. The van der Waals surface area contributed by atoms with Gasteiger partial charge in [-0.25, -0.2) is 15.0 Å². The lowest BCUT2D eigenvalue weighted by Gasteiger charge is -2.47. The summed E-state index contributed by atoms with van der Waals surface area (Å²) in [6.07, 6.45) is 10.9. The first-order valence-electron chi connectivity index (χ1n) is 17.7. The van der Waals surface area contributed by atoms with Gasteiger partial charge in [0.25, 0.3) is 0 Å². The predicted molar refractivity (Wildman–Crippen MR) is 200 cm³/mol. The summed E-state index contributed by atoms with van der Waals surface area (Å²) in [6, 6.07) is 17.8. The van der Waals surface area contributed by atoms with Crippen molar-refractivity contribution < 1.29 is 19.3 Å². The molecule has 0 amide bonds. The lowest BCUT2D eigenvalue weighted by Crippen LogP contribution is -2.52. The van der Waals surface area contributed by atoms with Crippen molar-refractivity contribution in [3.8, 4) is 17.6 Å². The Morgan fingerprint density at radius 1 is 1.12 bits per heavy atom. The van der Waals surface area contributed by atoms with Crippen LogP contribution in [0.25, 0.3) is 5.57 Å². The molecule has 2 aliphatic rings. The number of aromatic amines is 1. The van der Waals surface area contributed by atoms with Gasteiger partial charge in [-0.2, -0.15) is 5.26 Å². The molecule has 3 heterocycles. The van der Waals surface area contributed by atoms with E-state index in [1.807, 2.05) is 43.3 Å². The number of hydrogen-bond donors (Lipinski definition) is 3. The van der Waals surface area contributed by atoms with Crippen molar-refractivity contribution in [3.05, 3.63) is 118 Å². The minimum absolute atomic E-state index is 0.123. The van der Waals surface area contributed by atoms with Gasteiger partial charge in [0.05, 0.1) is 28.8 Å². The monoisotopic (exact) mass is 723 g/mol. The minimum atomic E-state index is -0.825. The van der Waals surface area contributed by atoms with E-state index in [0.717, 1.165) is 54.0 Å². The molecular formula is C40H46ClN7O4. The molecule has 0 bridgehead atoms. The van der Waals surface area contributed by atoms with Gasteiger partial charge in [-0.15, -0.1) is 0 Å². The van der Waals surface area contributed by atoms with Gasteiger partial charge >= 0.3 is 0 Å². The average molecular weight is 724 g/mol. The minimum Gasteiger partial charge on any atom is -0.488 e. The van der Waals surface area contributed by atoms with E-state index < -0.39 is 11.0 Å². The van der Waals surface area contributed by atoms with Gasteiger partial charge in [0, 0.05) is 68.3 Å². The van der Waals surface area contributed by atoms with Gasteiger partial charge in [0.1, 0.15) is 36.4 Å². The highest BCUT2D eigenvalue weighted by molar-refractivity contribution is 6.32. The van der Waals surface area contributed by atoms with Crippen LogP contribution in [0.5, 0.6) is 11.5 Å². The number of aromatic nitrogens is 4. The maximum Gasteiger partial charge on any atom is 0.232 e. The number of rotatable bonds is 16. The largest absolute Gasteiger partial charge is 0.488 e. The molecule has 1 aliphatic carbocycles. The molecule has 1 fully saturated rings. The molecule has 11 nitrogen and oxygen atoms in total. The molecule has 0 spiro atoms. The third kappa shape index (κ3) is 8.72. The Hall–Kier alpha value is -4.57. The van der Waals surface area contributed by atoms with Gasteiger partial charge in [-0.3, -0.25) is 0 Å². The lowest BCUT2D eigenvalue weighted by molar-refractivity contribution is -0.0926. The number of nitrogens with zero attached hydrogens (tertiary/aromatic N) is 5. The number of aryl methyl sites for hydroxylation is 1. The Morgan fingerprint density at radius 2 is 1.96 bits per heavy atom. The summed E-state index contributed by atoms with van der Waals surface area (Å²) in [7, 11) is 0. The SMILES string of the molecule is Cc1[nH]cnc1COc1cc(OC[C@@]2(OCCCN3CCC(O)C3)C=CC=C(c3ccccc3)C2(C)C)c(Cl)cc1CNCc1ccnc(C#N)n1. The number of benzene rings is 2. The molecule has 2 aromatic carbocycles. The first-order valence-corrected chi connectivity index (χ1v) is 18.0. The van der Waals surface area contributed by atoms with Crippen molar-refractivity contribution in [2.45, 2.75) is 65.0 Å². The van der Waals surface area contributed by atoms with E-state index in [2.05, 4.69) is 74.4 Å². The number of nitriles is 1. The maximum atomic E-state index is 10.00. The Labute approximate surface area is 310 Å². The molecule has 0 saturated carbocycles. The molecular weight excluding hydrogens is 678 g/mol. The second-order valence-electron chi connectivity index (χ2n) is 13.8. The lowest BCUT2D eigenvalue weighted by atomic mass is 9.65. The summed E-state index contributed by atoms with van der Waals surface area (Å²) in [5, 5.41) is 23.0. The molecule has 272 valence electrons. The van der Waals surface area contributed by atoms with E-state index >= 15 is 0 Å². The van der Waals surface area contributed by atoms with E-state index in [9.17, 15) is 10.4 Å². The summed E-state index contributed by atoms with van der Waals surface area (Å²) in [5.41, 5.74) is 4.22. The summed E-state index contributed by atoms with van der Waals surface area (Å²) in [4.78, 5) is 18.0. The number of allylic oxidation sites excluding steroid dienone is 2. The summed E-state index contributed by atoms with van der Waals surface area (Å²) < 4.78 is 19.9. The highest BCUT2D eigenvalue weighted by atomic mass is 35.5. The quantitative estimate of drug-likeness (QED) is 0.115. The fourth-order valence-electron chi connectivity index (χ4n) is 6.77. The van der Waals surface area contributed by atoms with Crippen LogP contribution >= 0.6 is 11.6 Å². The number of aliphatic hydroxyl groups excluding tert-OH is 1. The normalized spacial score (nSPS) is 19.7. The van der Waals surface area contributed by atoms with Crippen LogP contribution < -0.4 is 14.8 Å².